The number of benzene rings is 2. The predicted molar refractivity (Wildman–Crippen MR) is 96.0 cm³/mol. The smallest absolute Gasteiger partial charge is 0.343 e. The van der Waals surface area contributed by atoms with Gasteiger partial charge in [0.1, 0.15) is 11.3 Å². The van der Waals surface area contributed by atoms with E-state index in [1.54, 1.807) is 24.3 Å². The topological polar surface area (TPSA) is 56.5 Å². The van der Waals surface area contributed by atoms with Gasteiger partial charge < -0.3 is 9.15 Å². The molecule has 4 rings (SSSR count). The fourth-order valence-corrected chi connectivity index (χ4v) is 3.34. The van der Waals surface area contributed by atoms with Gasteiger partial charge in [-0.1, -0.05) is 35.3 Å². The maximum Gasteiger partial charge on any atom is 0.343 e. The monoisotopic (exact) mass is 374 g/mol. The van der Waals surface area contributed by atoms with Crippen LogP contribution in [0, 0.1) is 5.92 Å². The Morgan fingerprint density at radius 1 is 1.08 bits per heavy atom. The van der Waals surface area contributed by atoms with E-state index >= 15 is 0 Å². The SMILES string of the molecule is O=C(c1ccc(Cl)c(Cl)c1)C1COc2c(c(=O)oc3ccccc23)C1. The minimum Gasteiger partial charge on any atom is -0.491 e. The molecule has 1 unspecified atom stereocenters. The molecule has 1 atom stereocenters. The molecule has 0 saturated heterocycles. The highest BCUT2D eigenvalue weighted by atomic mass is 35.5. The highest BCUT2D eigenvalue weighted by Gasteiger charge is 2.31. The van der Waals surface area contributed by atoms with Gasteiger partial charge in [-0.05, 0) is 36.8 Å². The molecular formula is C19H12Cl2O4. The molecule has 1 aliphatic heterocycles. The lowest BCUT2D eigenvalue weighted by Crippen LogP contribution is -2.31. The van der Waals surface area contributed by atoms with Gasteiger partial charge in [0, 0.05) is 5.56 Å². The lowest BCUT2D eigenvalue weighted by molar-refractivity contribution is 0.0854. The largest absolute Gasteiger partial charge is 0.491 e. The van der Waals surface area contributed by atoms with Crippen molar-refractivity contribution in [1.29, 1.82) is 0 Å². The first-order valence-electron chi connectivity index (χ1n) is 7.71. The van der Waals surface area contributed by atoms with Crippen molar-refractivity contribution in [3.8, 4) is 5.75 Å². The van der Waals surface area contributed by atoms with Crippen molar-refractivity contribution in [2.24, 2.45) is 5.92 Å². The summed E-state index contributed by atoms with van der Waals surface area (Å²) in [4.78, 5) is 25.0. The second-order valence-corrected chi connectivity index (χ2v) is 6.71. The van der Waals surface area contributed by atoms with E-state index in [0.717, 1.165) is 5.39 Å². The second-order valence-electron chi connectivity index (χ2n) is 5.90. The Morgan fingerprint density at radius 3 is 2.68 bits per heavy atom. The van der Waals surface area contributed by atoms with Crippen LogP contribution in [0.3, 0.4) is 0 Å². The Balaban J connectivity index is 1.71. The number of para-hydroxylation sites is 1. The van der Waals surface area contributed by atoms with Gasteiger partial charge in [0.2, 0.25) is 0 Å². The van der Waals surface area contributed by atoms with E-state index in [-0.39, 0.29) is 18.8 Å². The van der Waals surface area contributed by atoms with Crippen LogP contribution in [-0.4, -0.2) is 12.4 Å². The molecule has 0 spiro atoms. The van der Waals surface area contributed by atoms with Gasteiger partial charge in [0.25, 0.3) is 0 Å². The zero-order chi connectivity index (χ0) is 17.6. The molecule has 1 aliphatic rings. The highest BCUT2D eigenvalue weighted by Crippen LogP contribution is 2.34. The lowest BCUT2D eigenvalue weighted by Gasteiger charge is -2.24. The molecule has 3 aromatic rings. The van der Waals surface area contributed by atoms with Crippen LogP contribution in [-0.2, 0) is 6.42 Å². The second kappa shape index (κ2) is 6.21. The molecule has 6 heteroatoms. The maximum absolute atomic E-state index is 12.7. The molecule has 2 aromatic carbocycles. The normalized spacial score (nSPS) is 16.3. The van der Waals surface area contributed by atoms with Gasteiger partial charge in [-0.2, -0.15) is 0 Å². The summed E-state index contributed by atoms with van der Waals surface area (Å²) in [5, 5.41) is 1.43. The number of fused-ring (bicyclic) bond motifs is 3. The predicted octanol–water partition coefficient (Wildman–Crippen LogP) is 4.53. The Hall–Kier alpha value is -2.30. The van der Waals surface area contributed by atoms with E-state index in [9.17, 15) is 9.59 Å². The van der Waals surface area contributed by atoms with Crippen molar-refractivity contribution in [3.63, 3.8) is 0 Å². The summed E-state index contributed by atoms with van der Waals surface area (Å²) < 4.78 is 11.1. The van der Waals surface area contributed by atoms with E-state index in [0.29, 0.717) is 32.5 Å². The van der Waals surface area contributed by atoms with Crippen LogP contribution in [0.2, 0.25) is 10.0 Å². The van der Waals surface area contributed by atoms with Crippen LogP contribution in [0.1, 0.15) is 15.9 Å². The van der Waals surface area contributed by atoms with Crippen LogP contribution in [0.15, 0.2) is 51.7 Å². The molecule has 4 nitrogen and oxygen atoms in total. The summed E-state index contributed by atoms with van der Waals surface area (Å²) in [6, 6.07) is 11.9. The third-order valence-electron chi connectivity index (χ3n) is 4.31. The van der Waals surface area contributed by atoms with Crippen LogP contribution in [0.5, 0.6) is 5.75 Å². The summed E-state index contributed by atoms with van der Waals surface area (Å²) >= 11 is 11.9. The zero-order valence-corrected chi connectivity index (χ0v) is 14.4. The molecule has 0 saturated carbocycles. The van der Waals surface area contributed by atoms with E-state index in [2.05, 4.69) is 0 Å². The van der Waals surface area contributed by atoms with E-state index in [1.165, 1.54) is 6.07 Å². The maximum atomic E-state index is 12.7. The molecule has 0 fully saturated rings. The van der Waals surface area contributed by atoms with E-state index in [1.807, 2.05) is 12.1 Å². The molecule has 1 aromatic heterocycles. The van der Waals surface area contributed by atoms with Crippen molar-refractivity contribution < 1.29 is 13.9 Å². The summed E-state index contributed by atoms with van der Waals surface area (Å²) in [6.45, 7) is 0.194. The Kier molecular flexibility index (Phi) is 4.02. The number of carbonyl (C=O) groups excluding carboxylic acids is 1. The minimum atomic E-state index is -0.478. The summed E-state index contributed by atoms with van der Waals surface area (Å²) in [5.74, 6) is -0.115. The van der Waals surface area contributed by atoms with Gasteiger partial charge in [-0.3, -0.25) is 4.79 Å². The first kappa shape index (κ1) is 16.2. The lowest BCUT2D eigenvalue weighted by atomic mass is 9.90. The number of rotatable bonds is 2. The van der Waals surface area contributed by atoms with Gasteiger partial charge in [0.05, 0.1) is 33.5 Å². The number of hydrogen-bond donors (Lipinski definition) is 0. The molecule has 0 N–H and O–H groups in total. The molecule has 25 heavy (non-hydrogen) atoms. The van der Waals surface area contributed by atoms with Crippen molar-refractivity contribution >= 4 is 40.0 Å². The van der Waals surface area contributed by atoms with Crippen LogP contribution < -0.4 is 10.4 Å². The fourth-order valence-electron chi connectivity index (χ4n) is 3.04. The van der Waals surface area contributed by atoms with Gasteiger partial charge in [-0.15, -0.1) is 0 Å². The van der Waals surface area contributed by atoms with Crippen LogP contribution in [0.4, 0.5) is 0 Å². The minimum absolute atomic E-state index is 0.142. The third kappa shape index (κ3) is 2.81. The highest BCUT2D eigenvalue weighted by molar-refractivity contribution is 6.42. The first-order valence-corrected chi connectivity index (χ1v) is 8.47. The van der Waals surface area contributed by atoms with Crippen molar-refractivity contribution in [2.75, 3.05) is 6.61 Å². The van der Waals surface area contributed by atoms with Crippen LogP contribution >= 0.6 is 23.2 Å². The van der Waals surface area contributed by atoms with Crippen molar-refractivity contribution in [2.45, 2.75) is 6.42 Å². The van der Waals surface area contributed by atoms with Gasteiger partial charge in [-0.25, -0.2) is 4.79 Å². The quantitative estimate of drug-likeness (QED) is 0.488. The summed E-state index contributed by atoms with van der Waals surface area (Å²) in [7, 11) is 0. The van der Waals surface area contributed by atoms with Crippen molar-refractivity contribution in [1.82, 2.24) is 0 Å². The number of carbonyl (C=O) groups is 1. The molecule has 2 heterocycles. The summed E-state index contributed by atoms with van der Waals surface area (Å²) in [6.07, 6.45) is 0.265. The Bertz CT molecular complexity index is 1050. The zero-order valence-electron chi connectivity index (χ0n) is 12.9. The average Bonchev–Trinajstić information content (AvgIpc) is 2.63. The third-order valence-corrected chi connectivity index (χ3v) is 5.05. The van der Waals surface area contributed by atoms with E-state index < -0.39 is 11.5 Å². The van der Waals surface area contributed by atoms with Gasteiger partial charge >= 0.3 is 5.63 Å². The number of Topliss-reactive ketones (excluding diaryl/α,β-unsaturated/α-hetero) is 1. The first-order chi connectivity index (χ1) is 12.0. The molecule has 0 aliphatic carbocycles. The number of ether oxygens (including phenoxy) is 1. The van der Waals surface area contributed by atoms with Gasteiger partial charge in [0.15, 0.2) is 5.78 Å². The molecule has 0 radical (unpaired) electrons. The Morgan fingerprint density at radius 2 is 1.88 bits per heavy atom. The average molecular weight is 375 g/mol. The number of halogens is 2. The van der Waals surface area contributed by atoms with Crippen LogP contribution in [0.25, 0.3) is 11.0 Å². The van der Waals surface area contributed by atoms with E-state index in [4.69, 9.17) is 32.4 Å². The molecular weight excluding hydrogens is 363 g/mol. The standard InChI is InChI=1S/C19H12Cl2O4/c20-14-6-5-10(8-15(14)21)17(22)11-7-13-18(24-9-11)12-3-1-2-4-16(12)25-19(13)23/h1-6,8,11H,7,9H2. The Labute approximate surface area is 152 Å². The molecule has 0 amide bonds. The number of ketones is 1. The number of hydrogen-bond acceptors (Lipinski definition) is 4. The van der Waals surface area contributed by atoms with Crippen molar-refractivity contribution in [3.05, 3.63) is 74.1 Å². The summed E-state index contributed by atoms with van der Waals surface area (Å²) in [5.41, 5.74) is 0.834. The molecule has 126 valence electrons. The molecule has 0 bridgehead atoms. The fraction of sp³-hybridized carbons (Fsp3) is 0.158.